The summed E-state index contributed by atoms with van der Waals surface area (Å²) in [5.41, 5.74) is 0.656. The number of nitrogens with zero attached hydrogens (tertiary/aromatic N) is 2. The SMILES string of the molecule is CCN(C)CCNC(=O)N[C@@H](Cc1cnc[nH]1)C(=O)O. The molecule has 20 heavy (non-hydrogen) atoms. The van der Waals surface area contributed by atoms with Crippen LogP contribution >= 0.6 is 0 Å². The zero-order valence-corrected chi connectivity index (χ0v) is 11.7. The van der Waals surface area contributed by atoms with Gasteiger partial charge in [-0.15, -0.1) is 0 Å². The minimum absolute atomic E-state index is 0.164. The van der Waals surface area contributed by atoms with Crippen molar-refractivity contribution in [2.45, 2.75) is 19.4 Å². The maximum absolute atomic E-state index is 11.6. The zero-order chi connectivity index (χ0) is 15.0. The third kappa shape index (κ3) is 5.70. The highest BCUT2D eigenvalue weighted by atomic mass is 16.4. The van der Waals surface area contributed by atoms with Crippen LogP contribution in [0.4, 0.5) is 4.79 Å². The molecule has 1 aromatic heterocycles. The minimum Gasteiger partial charge on any atom is -0.480 e. The molecule has 1 heterocycles. The van der Waals surface area contributed by atoms with Gasteiger partial charge in [-0.3, -0.25) is 0 Å². The first-order valence-electron chi connectivity index (χ1n) is 6.46. The summed E-state index contributed by atoms with van der Waals surface area (Å²) >= 11 is 0. The van der Waals surface area contributed by atoms with Crippen molar-refractivity contribution in [2.75, 3.05) is 26.7 Å². The molecule has 0 spiro atoms. The van der Waals surface area contributed by atoms with Gasteiger partial charge in [0.2, 0.25) is 0 Å². The van der Waals surface area contributed by atoms with Crippen molar-refractivity contribution in [3.8, 4) is 0 Å². The molecule has 0 aromatic carbocycles. The van der Waals surface area contributed by atoms with Crippen LogP contribution in [0.2, 0.25) is 0 Å². The van der Waals surface area contributed by atoms with Crippen molar-refractivity contribution in [1.82, 2.24) is 25.5 Å². The number of rotatable bonds is 8. The molecule has 0 bridgehead atoms. The van der Waals surface area contributed by atoms with Gasteiger partial charge in [0.15, 0.2) is 0 Å². The van der Waals surface area contributed by atoms with E-state index in [4.69, 9.17) is 5.11 Å². The molecular weight excluding hydrogens is 262 g/mol. The summed E-state index contributed by atoms with van der Waals surface area (Å²) in [5.74, 6) is -1.08. The van der Waals surface area contributed by atoms with E-state index in [2.05, 4.69) is 20.6 Å². The Hall–Kier alpha value is -2.09. The van der Waals surface area contributed by atoms with E-state index in [1.165, 1.54) is 12.5 Å². The molecule has 1 atom stereocenters. The summed E-state index contributed by atoms with van der Waals surface area (Å²) in [6.07, 6.45) is 3.16. The number of urea groups is 1. The number of nitrogens with one attached hydrogen (secondary N) is 3. The number of hydrogen-bond acceptors (Lipinski definition) is 4. The quantitative estimate of drug-likeness (QED) is 0.521. The van der Waals surface area contributed by atoms with Crippen LogP contribution in [0.1, 0.15) is 12.6 Å². The van der Waals surface area contributed by atoms with E-state index in [1.807, 2.05) is 18.9 Å². The van der Waals surface area contributed by atoms with Gasteiger partial charge in [-0.2, -0.15) is 0 Å². The number of amides is 2. The molecule has 112 valence electrons. The van der Waals surface area contributed by atoms with E-state index in [9.17, 15) is 9.59 Å². The molecule has 0 radical (unpaired) electrons. The van der Waals surface area contributed by atoms with Gasteiger partial charge in [0.05, 0.1) is 6.33 Å². The van der Waals surface area contributed by atoms with Crippen molar-refractivity contribution in [1.29, 1.82) is 0 Å². The van der Waals surface area contributed by atoms with Gasteiger partial charge in [-0.25, -0.2) is 14.6 Å². The molecule has 2 amide bonds. The average Bonchev–Trinajstić information content (AvgIpc) is 2.90. The maximum atomic E-state index is 11.6. The second-order valence-electron chi connectivity index (χ2n) is 4.47. The highest BCUT2D eigenvalue weighted by Crippen LogP contribution is 1.98. The maximum Gasteiger partial charge on any atom is 0.326 e. The lowest BCUT2D eigenvalue weighted by molar-refractivity contribution is -0.139. The third-order valence-electron chi connectivity index (χ3n) is 2.90. The van der Waals surface area contributed by atoms with Gasteiger partial charge in [-0.05, 0) is 13.6 Å². The van der Waals surface area contributed by atoms with Crippen molar-refractivity contribution in [3.05, 3.63) is 18.2 Å². The van der Waals surface area contributed by atoms with Gasteiger partial charge >= 0.3 is 12.0 Å². The molecule has 1 rings (SSSR count). The van der Waals surface area contributed by atoms with Gasteiger partial charge < -0.3 is 25.6 Å². The number of imidazole rings is 1. The summed E-state index contributed by atoms with van der Waals surface area (Å²) in [4.78, 5) is 31.4. The second-order valence-corrected chi connectivity index (χ2v) is 4.47. The predicted octanol–water partition coefficient (Wildman–Crippen LogP) is -0.344. The van der Waals surface area contributed by atoms with Crippen molar-refractivity contribution in [3.63, 3.8) is 0 Å². The Morgan fingerprint density at radius 2 is 2.30 bits per heavy atom. The van der Waals surface area contributed by atoms with E-state index < -0.39 is 18.0 Å². The first kappa shape index (κ1) is 16.0. The Bertz CT molecular complexity index is 421. The van der Waals surface area contributed by atoms with E-state index >= 15 is 0 Å². The first-order valence-corrected chi connectivity index (χ1v) is 6.46. The molecule has 4 N–H and O–H groups in total. The standard InChI is InChI=1S/C12H21N5O3/c1-3-17(2)5-4-14-12(20)16-10(11(18)19)6-9-7-13-8-15-9/h7-8,10H,3-6H2,1-2H3,(H,13,15)(H,18,19)(H2,14,16,20)/t10-/m0/s1. The van der Waals surface area contributed by atoms with Crippen molar-refractivity contribution < 1.29 is 14.7 Å². The monoisotopic (exact) mass is 283 g/mol. The van der Waals surface area contributed by atoms with Crippen LogP contribution in [-0.4, -0.2) is 64.7 Å². The van der Waals surface area contributed by atoms with E-state index in [0.29, 0.717) is 18.8 Å². The number of carboxylic acids is 1. The van der Waals surface area contributed by atoms with Gasteiger partial charge in [0.1, 0.15) is 6.04 Å². The molecule has 0 aliphatic heterocycles. The Morgan fingerprint density at radius 3 is 2.85 bits per heavy atom. The number of aliphatic carboxylic acids is 1. The lowest BCUT2D eigenvalue weighted by Gasteiger charge is -2.16. The number of hydrogen-bond donors (Lipinski definition) is 4. The fourth-order valence-electron chi connectivity index (χ4n) is 1.54. The highest BCUT2D eigenvalue weighted by Gasteiger charge is 2.20. The van der Waals surface area contributed by atoms with Crippen LogP contribution in [0.25, 0.3) is 0 Å². The second kappa shape index (κ2) is 8.16. The Balaban J connectivity index is 2.37. The number of aromatic amines is 1. The molecule has 8 heteroatoms. The zero-order valence-electron chi connectivity index (χ0n) is 11.7. The van der Waals surface area contributed by atoms with Crippen LogP contribution in [0.5, 0.6) is 0 Å². The van der Waals surface area contributed by atoms with E-state index in [1.54, 1.807) is 0 Å². The van der Waals surface area contributed by atoms with Gasteiger partial charge in [0.25, 0.3) is 0 Å². The summed E-state index contributed by atoms with van der Waals surface area (Å²) < 4.78 is 0. The summed E-state index contributed by atoms with van der Waals surface area (Å²) in [5, 5.41) is 14.2. The van der Waals surface area contributed by atoms with Crippen molar-refractivity contribution in [2.24, 2.45) is 0 Å². The molecule has 0 fully saturated rings. The molecule has 0 unspecified atom stereocenters. The predicted molar refractivity (Wildman–Crippen MR) is 73.4 cm³/mol. The molecule has 0 saturated heterocycles. The number of aromatic nitrogens is 2. The van der Waals surface area contributed by atoms with Gasteiger partial charge in [-0.1, -0.05) is 6.92 Å². The molecule has 0 aliphatic carbocycles. The average molecular weight is 283 g/mol. The molecular formula is C12H21N5O3. The largest absolute Gasteiger partial charge is 0.480 e. The first-order chi connectivity index (χ1) is 9.52. The van der Waals surface area contributed by atoms with Crippen LogP contribution < -0.4 is 10.6 Å². The third-order valence-corrected chi connectivity index (χ3v) is 2.90. The number of H-pyrrole nitrogens is 1. The number of carbonyl (C=O) groups is 2. The molecule has 0 aliphatic rings. The fraction of sp³-hybridized carbons (Fsp3) is 0.583. The molecule has 8 nitrogen and oxygen atoms in total. The van der Waals surface area contributed by atoms with E-state index in [0.717, 1.165) is 6.54 Å². The normalized spacial score (nSPS) is 12.2. The highest BCUT2D eigenvalue weighted by molar-refractivity contribution is 5.82. The lowest BCUT2D eigenvalue weighted by Crippen LogP contribution is -2.48. The Morgan fingerprint density at radius 1 is 1.55 bits per heavy atom. The number of likely N-dealkylation sites (N-methyl/N-ethyl adjacent to an activating group) is 1. The van der Waals surface area contributed by atoms with Crippen LogP contribution in [0, 0.1) is 0 Å². The topological polar surface area (TPSA) is 110 Å². The molecule has 1 aromatic rings. The van der Waals surface area contributed by atoms with Crippen LogP contribution in [-0.2, 0) is 11.2 Å². The van der Waals surface area contributed by atoms with Gasteiger partial charge in [0, 0.05) is 31.4 Å². The van der Waals surface area contributed by atoms with Crippen LogP contribution in [0.3, 0.4) is 0 Å². The Kier molecular flexibility index (Phi) is 6.51. The summed E-state index contributed by atoms with van der Waals surface area (Å²) in [7, 11) is 1.94. The lowest BCUT2D eigenvalue weighted by atomic mass is 10.2. The summed E-state index contributed by atoms with van der Waals surface area (Å²) in [6, 6.07) is -1.47. The number of carboxylic acid groups (broad SMARTS) is 1. The van der Waals surface area contributed by atoms with Crippen molar-refractivity contribution >= 4 is 12.0 Å². The Labute approximate surface area is 117 Å². The fourth-order valence-corrected chi connectivity index (χ4v) is 1.54. The van der Waals surface area contributed by atoms with E-state index in [-0.39, 0.29) is 6.42 Å². The smallest absolute Gasteiger partial charge is 0.326 e. The number of carbonyl (C=O) groups excluding carboxylic acids is 1. The summed E-state index contributed by atoms with van der Waals surface area (Å²) in [6.45, 7) is 4.08. The minimum atomic E-state index is -1.08. The van der Waals surface area contributed by atoms with Crippen LogP contribution in [0.15, 0.2) is 12.5 Å². The molecule has 0 saturated carbocycles.